The van der Waals surface area contributed by atoms with Crippen LogP contribution in [0.5, 0.6) is 0 Å². The van der Waals surface area contributed by atoms with Crippen molar-refractivity contribution in [2.24, 2.45) is 0 Å². The summed E-state index contributed by atoms with van der Waals surface area (Å²) in [6.45, 7) is 4.46. The highest BCUT2D eigenvalue weighted by atomic mass is 35.5. The zero-order chi connectivity index (χ0) is 14.8. The van der Waals surface area contributed by atoms with Crippen molar-refractivity contribution in [3.05, 3.63) is 42.1 Å². The molecule has 1 aliphatic carbocycles. The number of piperazine rings is 1. The fourth-order valence-corrected chi connectivity index (χ4v) is 4.33. The Kier molecular flexibility index (Phi) is 5.20. The second-order valence-electron chi connectivity index (χ2n) is 6.88. The Morgan fingerprint density at radius 1 is 1.09 bits per heavy atom. The van der Waals surface area contributed by atoms with Gasteiger partial charge in [-0.05, 0) is 24.5 Å². The van der Waals surface area contributed by atoms with Gasteiger partial charge in [-0.2, -0.15) is 0 Å². The van der Waals surface area contributed by atoms with Crippen LogP contribution >= 0.6 is 12.4 Å². The van der Waals surface area contributed by atoms with Crippen molar-refractivity contribution in [1.29, 1.82) is 0 Å². The van der Waals surface area contributed by atoms with Gasteiger partial charge in [0.25, 0.3) is 0 Å². The van der Waals surface area contributed by atoms with Crippen LogP contribution in [0, 0.1) is 0 Å². The number of hydrogen-bond acceptors (Lipinski definition) is 3. The van der Waals surface area contributed by atoms with E-state index in [-0.39, 0.29) is 12.4 Å². The Morgan fingerprint density at radius 3 is 2.78 bits per heavy atom. The summed E-state index contributed by atoms with van der Waals surface area (Å²) in [6, 6.07) is 10.8. The topological polar surface area (TPSA) is 28.2 Å². The third-order valence-corrected chi connectivity index (χ3v) is 5.55. The van der Waals surface area contributed by atoms with Gasteiger partial charge in [0.15, 0.2) is 0 Å². The molecule has 3 nitrogen and oxygen atoms in total. The summed E-state index contributed by atoms with van der Waals surface area (Å²) in [4.78, 5) is 7.38. The Bertz CT molecular complexity index is 638. The molecule has 1 saturated carbocycles. The van der Waals surface area contributed by atoms with Gasteiger partial charge in [0.1, 0.15) is 0 Å². The van der Waals surface area contributed by atoms with E-state index in [1.807, 2.05) is 12.3 Å². The minimum atomic E-state index is 0. The predicted octanol–water partition coefficient (Wildman–Crippen LogP) is 3.76. The molecule has 1 saturated heterocycles. The van der Waals surface area contributed by atoms with E-state index in [1.54, 1.807) is 0 Å². The van der Waals surface area contributed by atoms with Gasteiger partial charge in [0.2, 0.25) is 0 Å². The zero-order valence-electron chi connectivity index (χ0n) is 13.6. The van der Waals surface area contributed by atoms with Gasteiger partial charge in [0, 0.05) is 43.3 Å². The van der Waals surface area contributed by atoms with Gasteiger partial charge in [0.05, 0.1) is 5.52 Å². The number of para-hydroxylation sites is 1. The van der Waals surface area contributed by atoms with E-state index in [4.69, 9.17) is 0 Å². The molecule has 2 aliphatic rings. The molecule has 2 aromatic rings. The number of pyridine rings is 1. The largest absolute Gasteiger partial charge is 0.314 e. The summed E-state index contributed by atoms with van der Waals surface area (Å²) in [5.74, 6) is 0. The maximum absolute atomic E-state index is 4.64. The van der Waals surface area contributed by atoms with Crippen molar-refractivity contribution in [2.75, 3.05) is 19.6 Å². The third-order valence-electron chi connectivity index (χ3n) is 5.55. The maximum Gasteiger partial charge on any atom is 0.0746 e. The summed E-state index contributed by atoms with van der Waals surface area (Å²) in [5.41, 5.74) is 2.94. The molecule has 4 rings (SSSR count). The van der Waals surface area contributed by atoms with Gasteiger partial charge in [-0.15, -0.1) is 12.4 Å². The van der Waals surface area contributed by atoms with Crippen LogP contribution in [0.15, 0.2) is 36.5 Å². The van der Waals surface area contributed by atoms with Crippen molar-refractivity contribution in [3.8, 4) is 0 Å². The minimum Gasteiger partial charge on any atom is -0.314 e. The third kappa shape index (κ3) is 3.23. The number of aromatic nitrogens is 1. The van der Waals surface area contributed by atoms with Gasteiger partial charge < -0.3 is 5.32 Å². The number of nitrogens with zero attached hydrogens (tertiary/aromatic N) is 2. The highest BCUT2D eigenvalue weighted by Gasteiger charge is 2.39. The fourth-order valence-electron chi connectivity index (χ4n) is 4.33. The highest BCUT2D eigenvalue weighted by molar-refractivity contribution is 5.85. The van der Waals surface area contributed by atoms with E-state index in [0.717, 1.165) is 26.2 Å². The molecular formula is C19H26ClN3. The lowest BCUT2D eigenvalue weighted by molar-refractivity contribution is 0.0211. The molecule has 2 fully saturated rings. The number of benzene rings is 1. The first-order chi connectivity index (χ1) is 10.9. The Hall–Kier alpha value is -1.16. The molecule has 124 valence electrons. The zero-order valence-corrected chi connectivity index (χ0v) is 14.4. The first-order valence-electron chi connectivity index (χ1n) is 8.66. The average molecular weight is 332 g/mol. The number of halogens is 1. The normalized spacial score (nSPS) is 21.2. The van der Waals surface area contributed by atoms with E-state index in [1.165, 1.54) is 48.6 Å². The van der Waals surface area contributed by atoms with Crippen LogP contribution in [-0.2, 0) is 6.54 Å². The molecule has 1 aromatic carbocycles. The van der Waals surface area contributed by atoms with Crippen LogP contribution < -0.4 is 5.32 Å². The van der Waals surface area contributed by atoms with Crippen LogP contribution in [-0.4, -0.2) is 35.1 Å². The summed E-state index contributed by atoms with van der Waals surface area (Å²) < 4.78 is 0. The van der Waals surface area contributed by atoms with Gasteiger partial charge in [-0.1, -0.05) is 43.5 Å². The van der Waals surface area contributed by atoms with Crippen molar-refractivity contribution in [2.45, 2.75) is 44.2 Å². The van der Waals surface area contributed by atoms with Crippen LogP contribution in [0.1, 0.15) is 37.7 Å². The molecule has 4 heteroatoms. The van der Waals surface area contributed by atoms with E-state index in [2.05, 4.69) is 39.5 Å². The lowest BCUT2D eigenvalue weighted by atomic mass is 9.79. The second kappa shape index (κ2) is 7.16. The van der Waals surface area contributed by atoms with Crippen molar-refractivity contribution in [3.63, 3.8) is 0 Å². The first kappa shape index (κ1) is 16.7. The molecule has 0 amide bonds. The summed E-state index contributed by atoms with van der Waals surface area (Å²) in [5, 5.41) is 4.90. The van der Waals surface area contributed by atoms with Crippen molar-refractivity contribution < 1.29 is 0 Å². The van der Waals surface area contributed by atoms with Crippen molar-refractivity contribution >= 4 is 23.3 Å². The quantitative estimate of drug-likeness (QED) is 0.908. The molecule has 0 bridgehead atoms. The molecular weight excluding hydrogens is 306 g/mol. The lowest BCUT2D eigenvalue weighted by Crippen LogP contribution is -2.61. The molecule has 1 spiro atoms. The Balaban J connectivity index is 0.00000156. The van der Waals surface area contributed by atoms with E-state index in [0.29, 0.717) is 5.54 Å². The first-order valence-corrected chi connectivity index (χ1v) is 8.66. The number of nitrogens with one attached hydrogen (secondary N) is 1. The summed E-state index contributed by atoms with van der Waals surface area (Å²) in [7, 11) is 0. The second-order valence-corrected chi connectivity index (χ2v) is 6.88. The number of hydrogen-bond donors (Lipinski definition) is 1. The maximum atomic E-state index is 4.64. The van der Waals surface area contributed by atoms with E-state index >= 15 is 0 Å². The number of rotatable bonds is 2. The average Bonchev–Trinajstić information content (AvgIpc) is 2.58. The lowest BCUT2D eigenvalue weighted by Gasteiger charge is -2.50. The molecule has 1 aliphatic heterocycles. The molecule has 2 heterocycles. The standard InChI is InChI=1S/C19H25N3.ClH/c1-2-9-19(10-3-1)15-20-12-13-22(19)14-17-7-4-6-16-8-5-11-21-18(16)17;/h4-8,11,20H,1-3,9-10,12-15H2;1H. The van der Waals surface area contributed by atoms with Crippen LogP contribution in [0.25, 0.3) is 10.9 Å². The van der Waals surface area contributed by atoms with Crippen LogP contribution in [0.3, 0.4) is 0 Å². The molecule has 1 aromatic heterocycles. The Labute approximate surface area is 144 Å². The molecule has 23 heavy (non-hydrogen) atoms. The number of fused-ring (bicyclic) bond motifs is 1. The van der Waals surface area contributed by atoms with E-state index < -0.39 is 0 Å². The van der Waals surface area contributed by atoms with E-state index in [9.17, 15) is 0 Å². The Morgan fingerprint density at radius 2 is 1.91 bits per heavy atom. The summed E-state index contributed by atoms with van der Waals surface area (Å²) >= 11 is 0. The molecule has 0 radical (unpaired) electrons. The SMILES string of the molecule is Cl.c1cnc2c(CN3CCNCC34CCCCC4)cccc2c1. The van der Waals surface area contributed by atoms with Crippen LogP contribution in [0.2, 0.25) is 0 Å². The van der Waals surface area contributed by atoms with Gasteiger partial charge in [-0.3, -0.25) is 9.88 Å². The molecule has 0 atom stereocenters. The monoisotopic (exact) mass is 331 g/mol. The molecule has 0 unspecified atom stereocenters. The highest BCUT2D eigenvalue weighted by Crippen LogP contribution is 2.36. The van der Waals surface area contributed by atoms with Crippen LogP contribution in [0.4, 0.5) is 0 Å². The van der Waals surface area contributed by atoms with Gasteiger partial charge >= 0.3 is 0 Å². The smallest absolute Gasteiger partial charge is 0.0746 e. The molecule has 1 N–H and O–H groups in total. The summed E-state index contributed by atoms with van der Waals surface area (Å²) in [6.07, 6.45) is 8.78. The van der Waals surface area contributed by atoms with Crippen molar-refractivity contribution in [1.82, 2.24) is 15.2 Å². The minimum absolute atomic E-state index is 0. The van der Waals surface area contributed by atoms with Gasteiger partial charge in [-0.25, -0.2) is 0 Å². The fraction of sp³-hybridized carbons (Fsp3) is 0.526. The predicted molar refractivity (Wildman–Crippen MR) is 98.1 cm³/mol.